The van der Waals surface area contributed by atoms with Gasteiger partial charge in [-0.3, -0.25) is 9.59 Å². The molecule has 0 aliphatic rings. The Balaban J connectivity index is 2.30. The Morgan fingerprint density at radius 2 is 1.78 bits per heavy atom. The summed E-state index contributed by atoms with van der Waals surface area (Å²) in [5, 5.41) is 5.25. The van der Waals surface area contributed by atoms with Gasteiger partial charge in [-0.15, -0.1) is 6.58 Å². The minimum Gasteiger partial charge on any atom is -0.352 e. The van der Waals surface area contributed by atoms with E-state index in [4.69, 9.17) is 0 Å². The lowest BCUT2D eigenvalue weighted by molar-refractivity contribution is -0.129. The molecule has 2 N–H and O–H groups in total. The van der Waals surface area contributed by atoms with Crippen LogP contribution in [0.25, 0.3) is 0 Å². The number of rotatable bonds is 6. The molecule has 0 aliphatic heterocycles. The second-order valence-corrected chi connectivity index (χ2v) is 4.03. The number of amides is 2. The molecule has 0 spiro atoms. The van der Waals surface area contributed by atoms with Gasteiger partial charge in [-0.05, 0) is 12.5 Å². The van der Waals surface area contributed by atoms with E-state index >= 15 is 0 Å². The zero-order chi connectivity index (χ0) is 13.4. The highest BCUT2D eigenvalue weighted by molar-refractivity contribution is 5.96. The van der Waals surface area contributed by atoms with Crippen molar-refractivity contribution < 1.29 is 9.59 Å². The Hall–Kier alpha value is -2.10. The molecule has 18 heavy (non-hydrogen) atoms. The molecule has 0 aliphatic carbocycles. The van der Waals surface area contributed by atoms with Crippen LogP contribution in [0, 0.1) is 6.92 Å². The zero-order valence-electron chi connectivity index (χ0n) is 10.5. The van der Waals surface area contributed by atoms with Gasteiger partial charge in [0.15, 0.2) is 0 Å². The van der Waals surface area contributed by atoms with Gasteiger partial charge in [-0.1, -0.05) is 35.9 Å². The Labute approximate surface area is 107 Å². The third-order valence-electron chi connectivity index (χ3n) is 2.37. The number of aryl methyl sites for hydroxylation is 1. The highest BCUT2D eigenvalue weighted by atomic mass is 16.2. The Bertz CT molecular complexity index is 424. The SMILES string of the molecule is C=CCNC(=O)CC(=O)NCc1ccc(C)cc1. The summed E-state index contributed by atoms with van der Waals surface area (Å²) < 4.78 is 0. The van der Waals surface area contributed by atoms with Crippen LogP contribution in [0.3, 0.4) is 0 Å². The van der Waals surface area contributed by atoms with Crippen molar-refractivity contribution in [3.8, 4) is 0 Å². The van der Waals surface area contributed by atoms with E-state index in [-0.39, 0.29) is 18.2 Å². The summed E-state index contributed by atoms with van der Waals surface area (Å²) in [6.45, 7) is 6.30. The first-order chi connectivity index (χ1) is 8.61. The quantitative estimate of drug-likeness (QED) is 0.587. The molecule has 1 rings (SSSR count). The summed E-state index contributed by atoms with van der Waals surface area (Å²) in [7, 11) is 0. The summed E-state index contributed by atoms with van der Waals surface area (Å²) in [6.07, 6.45) is 1.42. The van der Waals surface area contributed by atoms with Gasteiger partial charge >= 0.3 is 0 Å². The number of nitrogens with one attached hydrogen (secondary N) is 2. The first-order valence-electron chi connectivity index (χ1n) is 5.81. The Morgan fingerprint density at radius 3 is 2.39 bits per heavy atom. The van der Waals surface area contributed by atoms with Crippen LogP contribution in [-0.2, 0) is 16.1 Å². The highest BCUT2D eigenvalue weighted by Crippen LogP contribution is 2.02. The number of hydrogen-bond acceptors (Lipinski definition) is 2. The van der Waals surface area contributed by atoms with Crippen molar-refractivity contribution in [1.82, 2.24) is 10.6 Å². The molecule has 1 aromatic rings. The number of carbonyl (C=O) groups excluding carboxylic acids is 2. The van der Waals surface area contributed by atoms with Crippen molar-refractivity contribution in [2.24, 2.45) is 0 Å². The van der Waals surface area contributed by atoms with E-state index in [1.54, 1.807) is 6.08 Å². The lowest BCUT2D eigenvalue weighted by Gasteiger charge is -2.06. The minimum atomic E-state index is -0.295. The zero-order valence-corrected chi connectivity index (χ0v) is 10.5. The van der Waals surface area contributed by atoms with E-state index in [2.05, 4.69) is 17.2 Å². The van der Waals surface area contributed by atoms with Crippen molar-refractivity contribution in [1.29, 1.82) is 0 Å². The van der Waals surface area contributed by atoms with Crippen LogP contribution in [0.5, 0.6) is 0 Å². The molecule has 96 valence electrons. The molecule has 0 unspecified atom stereocenters. The van der Waals surface area contributed by atoms with E-state index < -0.39 is 0 Å². The van der Waals surface area contributed by atoms with Crippen molar-refractivity contribution in [2.75, 3.05) is 6.54 Å². The average molecular weight is 246 g/mol. The van der Waals surface area contributed by atoms with Gasteiger partial charge in [0.05, 0.1) is 0 Å². The van der Waals surface area contributed by atoms with Gasteiger partial charge in [-0.2, -0.15) is 0 Å². The van der Waals surface area contributed by atoms with Crippen LogP contribution in [0.4, 0.5) is 0 Å². The second kappa shape index (κ2) is 7.27. The van der Waals surface area contributed by atoms with Crippen molar-refractivity contribution in [3.05, 3.63) is 48.0 Å². The summed E-state index contributed by atoms with van der Waals surface area (Å²) in [6, 6.07) is 7.87. The second-order valence-electron chi connectivity index (χ2n) is 4.03. The van der Waals surface area contributed by atoms with E-state index in [0.717, 1.165) is 5.56 Å². The maximum atomic E-state index is 11.5. The average Bonchev–Trinajstić information content (AvgIpc) is 2.35. The number of carbonyl (C=O) groups is 2. The van der Waals surface area contributed by atoms with Gasteiger partial charge in [-0.25, -0.2) is 0 Å². The van der Waals surface area contributed by atoms with Gasteiger partial charge in [0, 0.05) is 13.1 Å². The minimum absolute atomic E-state index is 0.153. The molecule has 4 nitrogen and oxygen atoms in total. The molecule has 0 atom stereocenters. The van der Waals surface area contributed by atoms with E-state index in [9.17, 15) is 9.59 Å². The molecule has 0 aromatic heterocycles. The summed E-state index contributed by atoms with van der Waals surface area (Å²) in [5.74, 6) is -0.576. The molecular weight excluding hydrogens is 228 g/mol. The van der Waals surface area contributed by atoms with Crippen LogP contribution in [-0.4, -0.2) is 18.4 Å². The fourth-order valence-corrected chi connectivity index (χ4v) is 1.36. The molecule has 0 saturated heterocycles. The van der Waals surface area contributed by atoms with Crippen LogP contribution in [0.2, 0.25) is 0 Å². The van der Waals surface area contributed by atoms with Crippen molar-refractivity contribution >= 4 is 11.8 Å². The maximum absolute atomic E-state index is 11.5. The topological polar surface area (TPSA) is 58.2 Å². The molecule has 2 amide bonds. The smallest absolute Gasteiger partial charge is 0.229 e. The molecule has 4 heteroatoms. The molecule has 0 fully saturated rings. The molecule has 0 bridgehead atoms. The third-order valence-corrected chi connectivity index (χ3v) is 2.37. The summed E-state index contributed by atoms with van der Waals surface area (Å²) >= 11 is 0. The van der Waals surface area contributed by atoms with Crippen molar-refractivity contribution in [3.63, 3.8) is 0 Å². The molecule has 1 aromatic carbocycles. The molecule has 0 heterocycles. The molecule has 0 radical (unpaired) electrons. The van der Waals surface area contributed by atoms with E-state index in [1.165, 1.54) is 5.56 Å². The highest BCUT2D eigenvalue weighted by Gasteiger charge is 2.07. The molecule has 0 saturated carbocycles. The largest absolute Gasteiger partial charge is 0.352 e. The van der Waals surface area contributed by atoms with Gasteiger partial charge < -0.3 is 10.6 Å². The lowest BCUT2D eigenvalue weighted by atomic mass is 10.1. The Kier molecular flexibility index (Phi) is 5.64. The van der Waals surface area contributed by atoms with Gasteiger partial charge in [0.1, 0.15) is 6.42 Å². The van der Waals surface area contributed by atoms with Crippen LogP contribution >= 0.6 is 0 Å². The van der Waals surface area contributed by atoms with Crippen LogP contribution in [0.15, 0.2) is 36.9 Å². The van der Waals surface area contributed by atoms with Gasteiger partial charge in [0.2, 0.25) is 11.8 Å². The fraction of sp³-hybridized carbons (Fsp3) is 0.286. The van der Waals surface area contributed by atoms with Gasteiger partial charge in [0.25, 0.3) is 0 Å². The first-order valence-corrected chi connectivity index (χ1v) is 5.81. The maximum Gasteiger partial charge on any atom is 0.229 e. The van der Waals surface area contributed by atoms with Crippen LogP contribution in [0.1, 0.15) is 17.5 Å². The third kappa shape index (κ3) is 5.30. The fourth-order valence-electron chi connectivity index (χ4n) is 1.36. The van der Waals surface area contributed by atoms with E-state index in [1.807, 2.05) is 31.2 Å². The first kappa shape index (κ1) is 14.0. The number of benzene rings is 1. The van der Waals surface area contributed by atoms with Crippen molar-refractivity contribution in [2.45, 2.75) is 19.9 Å². The predicted octanol–water partition coefficient (Wildman–Crippen LogP) is 1.30. The summed E-state index contributed by atoms with van der Waals surface area (Å²) in [5.41, 5.74) is 2.19. The normalized spacial score (nSPS) is 9.61. The number of hydrogen-bond donors (Lipinski definition) is 2. The van der Waals surface area contributed by atoms with Crippen LogP contribution < -0.4 is 10.6 Å². The monoisotopic (exact) mass is 246 g/mol. The molecular formula is C14H18N2O2. The predicted molar refractivity (Wildman–Crippen MR) is 70.8 cm³/mol. The standard InChI is InChI=1S/C14H18N2O2/c1-3-8-15-13(17)9-14(18)16-10-12-6-4-11(2)5-7-12/h3-7H,1,8-10H2,2H3,(H,15,17)(H,16,18). The lowest BCUT2D eigenvalue weighted by Crippen LogP contribution is -2.31. The van der Waals surface area contributed by atoms with E-state index in [0.29, 0.717) is 13.1 Å². The Morgan fingerprint density at radius 1 is 1.17 bits per heavy atom. The summed E-state index contributed by atoms with van der Waals surface area (Å²) in [4.78, 5) is 22.7.